The van der Waals surface area contributed by atoms with Crippen LogP contribution in [0.2, 0.25) is 0 Å². The maximum Gasteiger partial charge on any atom is 0.0670 e. The van der Waals surface area contributed by atoms with Gasteiger partial charge in [0.2, 0.25) is 0 Å². The van der Waals surface area contributed by atoms with Gasteiger partial charge in [-0.1, -0.05) is 18.2 Å². The van der Waals surface area contributed by atoms with Crippen LogP contribution in [-0.4, -0.2) is 22.5 Å². The molecule has 26 heavy (non-hydrogen) atoms. The summed E-state index contributed by atoms with van der Waals surface area (Å²) < 4.78 is 0. The number of thioether (sulfide) groups is 1. The van der Waals surface area contributed by atoms with E-state index in [4.69, 9.17) is 0 Å². The minimum absolute atomic E-state index is 0.181. The molecule has 2 N–H and O–H groups in total. The second-order valence-corrected chi connectivity index (χ2v) is 10.8. The van der Waals surface area contributed by atoms with Crippen molar-refractivity contribution in [1.82, 2.24) is 5.32 Å². The lowest BCUT2D eigenvalue weighted by atomic mass is 9.51. The maximum atomic E-state index is 10.9. The summed E-state index contributed by atoms with van der Waals surface area (Å²) in [6, 6.07) is 13.2. The highest BCUT2D eigenvalue weighted by Crippen LogP contribution is 2.57. The molecule has 4 saturated carbocycles. The van der Waals surface area contributed by atoms with Crippen molar-refractivity contribution >= 4 is 23.1 Å². The highest BCUT2D eigenvalue weighted by atomic mass is 32.2. The quantitative estimate of drug-likeness (QED) is 0.684. The van der Waals surface area contributed by atoms with Crippen LogP contribution in [0.1, 0.15) is 43.4 Å². The number of benzene rings is 1. The molecular weight excluding hydrogens is 358 g/mol. The number of nitrogens with one attached hydrogen (secondary N) is 1. The molecule has 0 amide bonds. The summed E-state index contributed by atoms with van der Waals surface area (Å²) >= 11 is 3.72. The molecule has 6 rings (SSSR count). The van der Waals surface area contributed by atoms with Crippen molar-refractivity contribution in [3.05, 3.63) is 41.3 Å². The van der Waals surface area contributed by atoms with E-state index >= 15 is 0 Å². The SMILES string of the molecule is CSc1ccccc1-c1ccc(CNC23CC4CC(CC(O)(C4)C2)C3)s1. The van der Waals surface area contributed by atoms with Gasteiger partial charge in [0.1, 0.15) is 0 Å². The molecule has 2 atom stereocenters. The Labute approximate surface area is 164 Å². The van der Waals surface area contributed by atoms with Crippen molar-refractivity contribution < 1.29 is 5.11 Å². The van der Waals surface area contributed by atoms with E-state index in [1.54, 1.807) is 0 Å². The standard InChI is InChI=1S/C22H27NOS2/c1-25-19-5-3-2-4-18(19)20-7-6-17(26-20)13-23-21-9-15-8-16(10-21)12-22(24,11-15)14-21/h2-7,15-16,23-24H,8-14H2,1H3. The van der Waals surface area contributed by atoms with Gasteiger partial charge in [-0.3, -0.25) is 0 Å². The van der Waals surface area contributed by atoms with E-state index in [-0.39, 0.29) is 11.1 Å². The Morgan fingerprint density at radius 2 is 1.88 bits per heavy atom. The van der Waals surface area contributed by atoms with Gasteiger partial charge < -0.3 is 10.4 Å². The van der Waals surface area contributed by atoms with Crippen LogP contribution in [0.25, 0.3) is 10.4 Å². The summed E-state index contributed by atoms with van der Waals surface area (Å²) in [5.41, 5.74) is 1.15. The fourth-order valence-corrected chi connectivity index (χ4v) is 7.83. The zero-order valence-corrected chi connectivity index (χ0v) is 17.0. The van der Waals surface area contributed by atoms with Gasteiger partial charge in [0.05, 0.1) is 5.60 Å². The molecule has 4 bridgehead atoms. The normalized spacial score (nSPS) is 35.2. The smallest absolute Gasteiger partial charge is 0.0670 e. The Balaban J connectivity index is 1.32. The summed E-state index contributed by atoms with van der Waals surface area (Å²) in [5, 5.41) is 14.8. The lowest BCUT2D eigenvalue weighted by Crippen LogP contribution is -2.64. The van der Waals surface area contributed by atoms with Gasteiger partial charge in [-0.2, -0.15) is 0 Å². The van der Waals surface area contributed by atoms with Gasteiger partial charge in [0.15, 0.2) is 0 Å². The third kappa shape index (κ3) is 3.05. The molecule has 2 aromatic rings. The predicted molar refractivity (Wildman–Crippen MR) is 111 cm³/mol. The fourth-order valence-electron chi connectivity index (χ4n) is 6.16. The number of hydrogen-bond acceptors (Lipinski definition) is 4. The van der Waals surface area contributed by atoms with Gasteiger partial charge in [0.25, 0.3) is 0 Å². The minimum atomic E-state index is -0.380. The van der Waals surface area contributed by atoms with Crippen LogP contribution < -0.4 is 5.32 Å². The lowest BCUT2D eigenvalue weighted by molar-refractivity contribution is -0.142. The maximum absolute atomic E-state index is 10.9. The summed E-state index contributed by atoms with van der Waals surface area (Å²) in [6.07, 6.45) is 9.06. The first kappa shape index (κ1) is 17.3. The molecule has 138 valence electrons. The average molecular weight is 386 g/mol. The topological polar surface area (TPSA) is 32.3 Å². The third-order valence-electron chi connectivity index (χ3n) is 6.70. The van der Waals surface area contributed by atoms with Crippen molar-refractivity contribution in [2.45, 2.75) is 61.1 Å². The van der Waals surface area contributed by atoms with E-state index in [1.807, 2.05) is 23.1 Å². The van der Waals surface area contributed by atoms with Crippen molar-refractivity contribution in [2.75, 3.05) is 6.26 Å². The van der Waals surface area contributed by atoms with E-state index in [0.717, 1.165) is 37.6 Å². The van der Waals surface area contributed by atoms with Gasteiger partial charge >= 0.3 is 0 Å². The molecule has 1 aromatic heterocycles. The Morgan fingerprint density at radius 3 is 2.62 bits per heavy atom. The van der Waals surface area contributed by atoms with Crippen LogP contribution in [-0.2, 0) is 6.54 Å². The molecular formula is C22H27NOS2. The zero-order valence-electron chi connectivity index (χ0n) is 15.3. The van der Waals surface area contributed by atoms with E-state index in [9.17, 15) is 5.11 Å². The van der Waals surface area contributed by atoms with Crippen molar-refractivity contribution in [3.63, 3.8) is 0 Å². The average Bonchev–Trinajstić information content (AvgIpc) is 3.07. The van der Waals surface area contributed by atoms with Crippen LogP contribution in [0, 0.1) is 11.8 Å². The van der Waals surface area contributed by atoms with Crippen LogP contribution in [0.15, 0.2) is 41.3 Å². The Kier molecular flexibility index (Phi) is 4.24. The molecule has 1 heterocycles. The molecule has 4 aliphatic rings. The summed E-state index contributed by atoms with van der Waals surface area (Å²) in [6.45, 7) is 0.932. The monoisotopic (exact) mass is 385 g/mol. The van der Waals surface area contributed by atoms with E-state index in [0.29, 0.717) is 0 Å². The number of aliphatic hydroxyl groups is 1. The van der Waals surface area contributed by atoms with Crippen molar-refractivity contribution in [3.8, 4) is 10.4 Å². The summed E-state index contributed by atoms with van der Waals surface area (Å²) in [7, 11) is 0. The number of hydrogen-bond donors (Lipinski definition) is 2. The minimum Gasteiger partial charge on any atom is -0.390 e. The summed E-state index contributed by atoms with van der Waals surface area (Å²) in [4.78, 5) is 4.10. The highest BCUT2D eigenvalue weighted by molar-refractivity contribution is 7.98. The fraction of sp³-hybridized carbons (Fsp3) is 0.545. The molecule has 1 aromatic carbocycles. The first-order valence-electron chi connectivity index (χ1n) is 9.76. The molecule has 2 unspecified atom stereocenters. The zero-order chi connectivity index (χ0) is 17.8. The molecule has 4 fully saturated rings. The molecule has 2 nitrogen and oxygen atoms in total. The largest absolute Gasteiger partial charge is 0.390 e. The van der Waals surface area contributed by atoms with Gasteiger partial charge in [-0.05, 0) is 74.8 Å². The Hall–Kier alpha value is -0.810. The first-order chi connectivity index (χ1) is 12.6. The Bertz CT molecular complexity index is 800. The van der Waals surface area contributed by atoms with Crippen molar-refractivity contribution in [1.29, 1.82) is 0 Å². The third-order valence-corrected chi connectivity index (χ3v) is 8.62. The van der Waals surface area contributed by atoms with E-state index < -0.39 is 0 Å². The van der Waals surface area contributed by atoms with Gasteiger partial charge in [-0.25, -0.2) is 0 Å². The van der Waals surface area contributed by atoms with Crippen molar-refractivity contribution in [2.24, 2.45) is 11.8 Å². The predicted octanol–water partition coefficient (Wildman–Crippen LogP) is 5.31. The van der Waals surface area contributed by atoms with Gasteiger partial charge in [0, 0.05) is 32.3 Å². The van der Waals surface area contributed by atoms with Gasteiger partial charge in [-0.15, -0.1) is 23.1 Å². The number of rotatable bonds is 5. The molecule has 4 aliphatic carbocycles. The molecule has 0 saturated heterocycles. The van der Waals surface area contributed by atoms with E-state index in [2.05, 4.69) is 48.0 Å². The van der Waals surface area contributed by atoms with Crippen LogP contribution >= 0.6 is 23.1 Å². The molecule has 0 spiro atoms. The van der Waals surface area contributed by atoms with E-state index in [1.165, 1.54) is 39.5 Å². The highest BCUT2D eigenvalue weighted by Gasteiger charge is 2.56. The summed E-state index contributed by atoms with van der Waals surface area (Å²) in [5.74, 6) is 1.47. The second-order valence-electron chi connectivity index (χ2n) is 8.79. The molecule has 4 heteroatoms. The second kappa shape index (κ2) is 6.37. The Morgan fingerprint density at radius 1 is 1.12 bits per heavy atom. The first-order valence-corrected chi connectivity index (χ1v) is 11.8. The van der Waals surface area contributed by atoms with Crippen LogP contribution in [0.3, 0.4) is 0 Å². The lowest BCUT2D eigenvalue weighted by Gasteiger charge is -2.60. The van der Waals surface area contributed by atoms with Crippen LogP contribution in [0.5, 0.6) is 0 Å². The molecule has 0 radical (unpaired) electrons. The number of thiophene rings is 1. The molecule has 0 aliphatic heterocycles. The van der Waals surface area contributed by atoms with Crippen LogP contribution in [0.4, 0.5) is 0 Å².